The first kappa shape index (κ1) is 9.93. The molecule has 0 spiro atoms. The Balaban J connectivity index is 2.58. The average molecular weight is 223 g/mol. The number of hydrogen-bond donors (Lipinski definition) is 1. The van der Waals surface area contributed by atoms with Gasteiger partial charge in [0.1, 0.15) is 11.6 Å². The SMILES string of the molecule is Nc1nccc(Cl)c1-c1ccc(F)cc1. The van der Waals surface area contributed by atoms with Crippen LogP contribution in [0.2, 0.25) is 5.02 Å². The van der Waals surface area contributed by atoms with Gasteiger partial charge in [-0.3, -0.25) is 0 Å². The summed E-state index contributed by atoms with van der Waals surface area (Å²) in [6.45, 7) is 0. The van der Waals surface area contributed by atoms with E-state index in [9.17, 15) is 4.39 Å². The van der Waals surface area contributed by atoms with Gasteiger partial charge in [-0.25, -0.2) is 9.37 Å². The van der Waals surface area contributed by atoms with Crippen LogP contribution in [-0.2, 0) is 0 Å². The van der Waals surface area contributed by atoms with Crippen molar-refractivity contribution in [2.75, 3.05) is 5.73 Å². The van der Waals surface area contributed by atoms with Gasteiger partial charge in [0.2, 0.25) is 0 Å². The van der Waals surface area contributed by atoms with E-state index in [0.29, 0.717) is 16.4 Å². The molecule has 0 saturated heterocycles. The fraction of sp³-hybridized carbons (Fsp3) is 0. The molecule has 76 valence electrons. The smallest absolute Gasteiger partial charge is 0.132 e. The Bertz CT molecular complexity index is 462. The molecule has 15 heavy (non-hydrogen) atoms. The van der Waals surface area contributed by atoms with Crippen molar-refractivity contribution in [2.24, 2.45) is 0 Å². The van der Waals surface area contributed by atoms with Crippen molar-refractivity contribution in [1.82, 2.24) is 4.98 Å². The molecule has 0 atom stereocenters. The van der Waals surface area contributed by atoms with Gasteiger partial charge < -0.3 is 5.73 Å². The van der Waals surface area contributed by atoms with E-state index in [1.165, 1.54) is 18.3 Å². The molecule has 0 aliphatic rings. The van der Waals surface area contributed by atoms with Crippen molar-refractivity contribution >= 4 is 17.4 Å². The summed E-state index contributed by atoms with van der Waals surface area (Å²) in [6, 6.07) is 7.61. The van der Waals surface area contributed by atoms with Crippen molar-refractivity contribution < 1.29 is 4.39 Å². The molecule has 1 aromatic heterocycles. The second kappa shape index (κ2) is 3.87. The minimum Gasteiger partial charge on any atom is -0.383 e. The van der Waals surface area contributed by atoms with Gasteiger partial charge in [-0.1, -0.05) is 23.7 Å². The van der Waals surface area contributed by atoms with Crippen molar-refractivity contribution in [3.8, 4) is 11.1 Å². The van der Waals surface area contributed by atoms with Crippen LogP contribution in [0.1, 0.15) is 0 Å². The van der Waals surface area contributed by atoms with Crippen LogP contribution in [0.3, 0.4) is 0 Å². The highest BCUT2D eigenvalue weighted by molar-refractivity contribution is 6.33. The molecule has 4 heteroatoms. The lowest BCUT2D eigenvalue weighted by molar-refractivity contribution is 0.628. The molecule has 0 amide bonds. The third kappa shape index (κ3) is 1.92. The highest BCUT2D eigenvalue weighted by atomic mass is 35.5. The minimum absolute atomic E-state index is 0.294. The summed E-state index contributed by atoms with van der Waals surface area (Å²) in [4.78, 5) is 3.94. The molecule has 1 aromatic carbocycles. The quantitative estimate of drug-likeness (QED) is 0.805. The normalized spacial score (nSPS) is 10.3. The first-order chi connectivity index (χ1) is 7.18. The van der Waals surface area contributed by atoms with E-state index in [1.54, 1.807) is 18.2 Å². The highest BCUT2D eigenvalue weighted by Crippen LogP contribution is 2.31. The zero-order chi connectivity index (χ0) is 10.8. The number of nitrogens with zero attached hydrogens (tertiary/aromatic N) is 1. The number of rotatable bonds is 1. The second-order valence-electron chi connectivity index (χ2n) is 3.06. The van der Waals surface area contributed by atoms with Gasteiger partial charge in [-0.05, 0) is 23.8 Å². The summed E-state index contributed by atoms with van der Waals surface area (Å²) in [7, 11) is 0. The number of hydrogen-bond acceptors (Lipinski definition) is 2. The summed E-state index contributed by atoms with van der Waals surface area (Å²) in [5.74, 6) is 0.0476. The van der Waals surface area contributed by atoms with Crippen molar-refractivity contribution in [3.63, 3.8) is 0 Å². The first-order valence-electron chi connectivity index (χ1n) is 4.34. The molecule has 1 heterocycles. The molecule has 0 bridgehead atoms. The summed E-state index contributed by atoms with van der Waals surface area (Å²) in [5.41, 5.74) is 7.10. The molecule has 2 nitrogen and oxygen atoms in total. The molecule has 0 unspecified atom stereocenters. The van der Waals surface area contributed by atoms with Crippen LogP contribution in [0.5, 0.6) is 0 Å². The molecule has 0 fully saturated rings. The summed E-state index contributed by atoms with van der Waals surface area (Å²) in [5, 5.41) is 0.508. The third-order valence-electron chi connectivity index (χ3n) is 2.06. The van der Waals surface area contributed by atoms with Crippen molar-refractivity contribution in [2.45, 2.75) is 0 Å². The van der Waals surface area contributed by atoms with Gasteiger partial charge in [0.15, 0.2) is 0 Å². The Labute approximate surface area is 91.5 Å². The molecule has 0 saturated carbocycles. The molecule has 0 radical (unpaired) electrons. The van der Waals surface area contributed by atoms with Gasteiger partial charge in [-0.15, -0.1) is 0 Å². The van der Waals surface area contributed by atoms with Crippen molar-refractivity contribution in [1.29, 1.82) is 0 Å². The lowest BCUT2D eigenvalue weighted by Gasteiger charge is -2.06. The number of aromatic nitrogens is 1. The number of anilines is 1. The predicted molar refractivity (Wildman–Crippen MR) is 59.1 cm³/mol. The van der Waals surface area contributed by atoms with E-state index < -0.39 is 0 Å². The Morgan fingerprint density at radius 1 is 1.13 bits per heavy atom. The minimum atomic E-state index is -0.294. The van der Waals surface area contributed by atoms with E-state index >= 15 is 0 Å². The lowest BCUT2D eigenvalue weighted by Crippen LogP contribution is -1.94. The van der Waals surface area contributed by atoms with E-state index in [4.69, 9.17) is 17.3 Å². The summed E-state index contributed by atoms with van der Waals surface area (Å²) >= 11 is 5.99. The molecule has 0 aliphatic carbocycles. The lowest BCUT2D eigenvalue weighted by atomic mass is 10.1. The number of pyridine rings is 1. The van der Waals surface area contributed by atoms with Gasteiger partial charge >= 0.3 is 0 Å². The van der Waals surface area contributed by atoms with Gasteiger partial charge in [0.25, 0.3) is 0 Å². The maximum Gasteiger partial charge on any atom is 0.132 e. The summed E-state index contributed by atoms with van der Waals surface area (Å²) in [6.07, 6.45) is 1.53. The van der Waals surface area contributed by atoms with Crippen LogP contribution in [-0.4, -0.2) is 4.98 Å². The van der Waals surface area contributed by atoms with E-state index in [-0.39, 0.29) is 5.82 Å². The van der Waals surface area contributed by atoms with E-state index in [0.717, 1.165) is 5.56 Å². The fourth-order valence-electron chi connectivity index (χ4n) is 1.36. The average Bonchev–Trinajstić information content (AvgIpc) is 2.20. The molecule has 2 aromatic rings. The molecule has 2 N–H and O–H groups in total. The Hall–Kier alpha value is -1.61. The monoisotopic (exact) mass is 222 g/mol. The Morgan fingerprint density at radius 3 is 2.40 bits per heavy atom. The van der Waals surface area contributed by atoms with E-state index in [1.807, 2.05) is 0 Å². The number of halogens is 2. The van der Waals surface area contributed by atoms with Crippen LogP contribution in [0, 0.1) is 5.82 Å². The number of benzene rings is 1. The molecular formula is C11H8ClFN2. The van der Waals surface area contributed by atoms with Crippen LogP contribution in [0.25, 0.3) is 11.1 Å². The fourth-order valence-corrected chi connectivity index (χ4v) is 1.62. The third-order valence-corrected chi connectivity index (χ3v) is 2.38. The Morgan fingerprint density at radius 2 is 1.80 bits per heavy atom. The Kier molecular flexibility index (Phi) is 2.56. The topological polar surface area (TPSA) is 38.9 Å². The van der Waals surface area contributed by atoms with Gasteiger partial charge in [0, 0.05) is 11.8 Å². The van der Waals surface area contributed by atoms with Crippen LogP contribution in [0.4, 0.5) is 10.2 Å². The standard InChI is InChI=1S/C11H8ClFN2/c12-9-5-6-15-11(14)10(9)7-1-3-8(13)4-2-7/h1-6H,(H2,14,15). The predicted octanol–water partition coefficient (Wildman–Crippen LogP) is 3.12. The zero-order valence-corrected chi connectivity index (χ0v) is 8.50. The van der Waals surface area contributed by atoms with Gasteiger partial charge in [-0.2, -0.15) is 0 Å². The zero-order valence-electron chi connectivity index (χ0n) is 7.74. The van der Waals surface area contributed by atoms with Crippen LogP contribution >= 0.6 is 11.6 Å². The molecule has 2 rings (SSSR count). The second-order valence-corrected chi connectivity index (χ2v) is 3.47. The highest BCUT2D eigenvalue weighted by Gasteiger charge is 2.07. The van der Waals surface area contributed by atoms with Gasteiger partial charge in [0.05, 0.1) is 5.02 Å². The van der Waals surface area contributed by atoms with Crippen LogP contribution in [0.15, 0.2) is 36.5 Å². The van der Waals surface area contributed by atoms with Crippen LogP contribution < -0.4 is 5.73 Å². The first-order valence-corrected chi connectivity index (χ1v) is 4.72. The maximum absolute atomic E-state index is 12.7. The van der Waals surface area contributed by atoms with E-state index in [2.05, 4.69) is 4.98 Å². The molecule has 0 aliphatic heterocycles. The largest absolute Gasteiger partial charge is 0.383 e. The van der Waals surface area contributed by atoms with Crippen molar-refractivity contribution in [3.05, 3.63) is 47.4 Å². The summed E-state index contributed by atoms with van der Waals surface area (Å²) < 4.78 is 12.7. The molecular weight excluding hydrogens is 215 g/mol. The number of nitrogens with two attached hydrogens (primary N) is 1. The maximum atomic E-state index is 12.7. The number of nitrogen functional groups attached to an aromatic ring is 1.